The molecule has 102 valence electrons. The highest BCUT2D eigenvalue weighted by molar-refractivity contribution is 5.88. The van der Waals surface area contributed by atoms with Gasteiger partial charge in [0.2, 0.25) is 0 Å². The zero-order chi connectivity index (χ0) is 14.3. The third kappa shape index (κ3) is 2.01. The van der Waals surface area contributed by atoms with Crippen LogP contribution in [0.25, 0.3) is 0 Å². The van der Waals surface area contributed by atoms with Gasteiger partial charge in [0.15, 0.2) is 0 Å². The number of fused-ring (bicyclic) bond motifs is 1. The highest BCUT2D eigenvalue weighted by atomic mass is 19.1. The second kappa shape index (κ2) is 4.30. The lowest BCUT2D eigenvalue weighted by Gasteiger charge is -2.25. The van der Waals surface area contributed by atoms with E-state index in [1.54, 1.807) is 18.2 Å². The summed E-state index contributed by atoms with van der Waals surface area (Å²) in [5, 5.41) is 12.3. The monoisotopic (exact) mass is 272 g/mol. The Labute approximate surface area is 115 Å². The fourth-order valence-electron chi connectivity index (χ4n) is 2.55. The number of rotatable bonds is 2. The van der Waals surface area contributed by atoms with Gasteiger partial charge in [-0.2, -0.15) is 0 Å². The van der Waals surface area contributed by atoms with E-state index in [9.17, 15) is 9.18 Å². The van der Waals surface area contributed by atoms with Crippen molar-refractivity contribution < 1.29 is 14.3 Å². The molecule has 0 aliphatic carbocycles. The number of aromatic nitrogens is 1. The summed E-state index contributed by atoms with van der Waals surface area (Å²) in [6.45, 7) is 1.99. The average molecular weight is 272 g/mol. The fraction of sp³-hybridized carbons (Fsp3) is 0.200. The number of nitrogens with zero attached hydrogens (tertiary/aromatic N) is 1. The van der Waals surface area contributed by atoms with Crippen molar-refractivity contribution in [2.75, 3.05) is 5.32 Å². The predicted octanol–water partition coefficient (Wildman–Crippen LogP) is 2.80. The number of halogens is 1. The van der Waals surface area contributed by atoms with Gasteiger partial charge in [0.05, 0.1) is 11.1 Å². The molecule has 3 rings (SSSR count). The predicted molar refractivity (Wildman–Crippen MR) is 72.3 cm³/mol. The van der Waals surface area contributed by atoms with Crippen LogP contribution in [0.5, 0.6) is 0 Å². The minimum Gasteiger partial charge on any atom is -0.478 e. The molecule has 2 aromatic rings. The quantitative estimate of drug-likeness (QED) is 0.882. The number of anilines is 1. The first-order valence-electron chi connectivity index (χ1n) is 6.24. The first kappa shape index (κ1) is 12.6. The second-order valence-corrected chi connectivity index (χ2v) is 5.18. The summed E-state index contributed by atoms with van der Waals surface area (Å²) in [4.78, 5) is 15.1. The van der Waals surface area contributed by atoms with Crippen LogP contribution in [0, 0.1) is 5.82 Å². The van der Waals surface area contributed by atoms with Crippen molar-refractivity contribution in [1.29, 1.82) is 0 Å². The zero-order valence-corrected chi connectivity index (χ0v) is 10.9. The number of carboxylic acids is 1. The molecule has 0 spiro atoms. The fourth-order valence-corrected chi connectivity index (χ4v) is 2.55. The molecule has 0 unspecified atom stereocenters. The largest absolute Gasteiger partial charge is 0.478 e. The van der Waals surface area contributed by atoms with Crippen LogP contribution < -0.4 is 5.32 Å². The van der Waals surface area contributed by atoms with Gasteiger partial charge in [-0.15, -0.1) is 0 Å². The molecule has 1 aliphatic heterocycles. The lowest BCUT2D eigenvalue weighted by Crippen LogP contribution is -2.29. The minimum atomic E-state index is -0.990. The Balaban J connectivity index is 1.96. The molecule has 0 fully saturated rings. The van der Waals surface area contributed by atoms with Gasteiger partial charge in [-0.3, -0.25) is 0 Å². The number of nitrogens with one attached hydrogen (secondary N) is 1. The maximum Gasteiger partial charge on any atom is 0.337 e. The van der Waals surface area contributed by atoms with E-state index in [0.717, 1.165) is 11.1 Å². The number of aromatic carboxylic acids is 1. The van der Waals surface area contributed by atoms with Crippen molar-refractivity contribution in [3.63, 3.8) is 0 Å². The summed E-state index contributed by atoms with van der Waals surface area (Å²) in [5.74, 6) is -0.586. The molecule has 1 aliphatic rings. The topological polar surface area (TPSA) is 62.2 Å². The highest BCUT2D eigenvalue weighted by Gasteiger charge is 2.35. The minimum absolute atomic E-state index is 0.175. The number of pyridine rings is 1. The molecule has 5 heteroatoms. The Hall–Kier alpha value is -2.43. The Morgan fingerprint density at radius 1 is 1.40 bits per heavy atom. The van der Waals surface area contributed by atoms with E-state index in [1.807, 2.05) is 6.92 Å². The van der Waals surface area contributed by atoms with Gasteiger partial charge in [0, 0.05) is 12.6 Å². The number of carboxylic acid groups (broad SMARTS) is 1. The normalized spacial score (nSPS) is 20.3. The molecule has 1 atom stereocenters. The van der Waals surface area contributed by atoms with E-state index >= 15 is 0 Å². The van der Waals surface area contributed by atoms with Crippen LogP contribution in [0.2, 0.25) is 0 Å². The smallest absolute Gasteiger partial charge is 0.337 e. The first-order chi connectivity index (χ1) is 9.48. The Kier molecular flexibility index (Phi) is 2.71. The summed E-state index contributed by atoms with van der Waals surface area (Å²) in [6.07, 6.45) is 1.95. The SMILES string of the molecule is C[C@]1(c2ccc(F)cc2)Cc2cc(C(=O)O)cnc2N1. The van der Waals surface area contributed by atoms with Gasteiger partial charge in [0.25, 0.3) is 0 Å². The molecule has 2 N–H and O–H groups in total. The van der Waals surface area contributed by atoms with Crippen LogP contribution in [0.4, 0.5) is 10.2 Å². The third-order valence-electron chi connectivity index (χ3n) is 3.63. The van der Waals surface area contributed by atoms with Crippen LogP contribution in [0.1, 0.15) is 28.4 Å². The number of carbonyl (C=O) groups is 1. The molecule has 1 aromatic heterocycles. The summed E-state index contributed by atoms with van der Waals surface area (Å²) in [6, 6.07) is 7.92. The molecule has 4 nitrogen and oxygen atoms in total. The van der Waals surface area contributed by atoms with Crippen LogP contribution in [0.3, 0.4) is 0 Å². The Morgan fingerprint density at radius 3 is 2.75 bits per heavy atom. The van der Waals surface area contributed by atoms with Crippen molar-refractivity contribution >= 4 is 11.8 Å². The molecule has 1 aromatic carbocycles. The lowest BCUT2D eigenvalue weighted by molar-refractivity contribution is 0.0696. The summed E-state index contributed by atoms with van der Waals surface area (Å²) in [5.41, 5.74) is 1.57. The van der Waals surface area contributed by atoms with E-state index in [2.05, 4.69) is 10.3 Å². The van der Waals surface area contributed by atoms with Crippen molar-refractivity contribution in [3.8, 4) is 0 Å². The molecule has 0 amide bonds. The summed E-state index contributed by atoms with van der Waals surface area (Å²) >= 11 is 0. The highest BCUT2D eigenvalue weighted by Crippen LogP contribution is 2.38. The molecule has 20 heavy (non-hydrogen) atoms. The molecular formula is C15H13FN2O2. The molecule has 0 saturated heterocycles. The third-order valence-corrected chi connectivity index (χ3v) is 3.63. The maximum atomic E-state index is 13.0. The van der Waals surface area contributed by atoms with E-state index in [0.29, 0.717) is 12.2 Å². The van der Waals surface area contributed by atoms with Gasteiger partial charge in [0.1, 0.15) is 11.6 Å². The van der Waals surface area contributed by atoms with Crippen molar-refractivity contribution in [1.82, 2.24) is 4.98 Å². The van der Waals surface area contributed by atoms with Crippen LogP contribution in [-0.2, 0) is 12.0 Å². The van der Waals surface area contributed by atoms with Gasteiger partial charge in [-0.05, 0) is 36.2 Å². The lowest BCUT2D eigenvalue weighted by atomic mass is 9.89. The summed E-state index contributed by atoms with van der Waals surface area (Å²) in [7, 11) is 0. The molecular weight excluding hydrogens is 259 g/mol. The van der Waals surface area contributed by atoms with Crippen LogP contribution in [0.15, 0.2) is 36.5 Å². The maximum absolute atomic E-state index is 13.0. The molecule has 0 saturated carbocycles. The molecule has 0 radical (unpaired) electrons. The standard InChI is InChI=1S/C15H13FN2O2/c1-15(11-2-4-12(16)5-3-11)7-9-6-10(14(19)20)8-17-13(9)18-15/h2-6,8H,7H2,1H3,(H,17,18)(H,19,20)/t15-/m1/s1. The van der Waals surface area contributed by atoms with E-state index in [1.165, 1.54) is 18.3 Å². The van der Waals surface area contributed by atoms with Gasteiger partial charge in [-0.1, -0.05) is 12.1 Å². The number of benzene rings is 1. The average Bonchev–Trinajstić information content (AvgIpc) is 2.75. The van der Waals surface area contributed by atoms with E-state index in [-0.39, 0.29) is 11.4 Å². The van der Waals surface area contributed by atoms with E-state index < -0.39 is 11.5 Å². The van der Waals surface area contributed by atoms with Crippen molar-refractivity contribution in [3.05, 3.63) is 59.0 Å². The zero-order valence-electron chi connectivity index (χ0n) is 10.9. The summed E-state index contributed by atoms with van der Waals surface area (Å²) < 4.78 is 13.0. The molecule has 0 bridgehead atoms. The van der Waals surface area contributed by atoms with E-state index in [4.69, 9.17) is 5.11 Å². The number of hydrogen-bond acceptors (Lipinski definition) is 3. The second-order valence-electron chi connectivity index (χ2n) is 5.18. The Bertz CT molecular complexity index is 685. The van der Waals surface area contributed by atoms with Gasteiger partial charge < -0.3 is 10.4 Å². The van der Waals surface area contributed by atoms with Crippen molar-refractivity contribution in [2.24, 2.45) is 0 Å². The van der Waals surface area contributed by atoms with Crippen LogP contribution >= 0.6 is 0 Å². The first-order valence-corrected chi connectivity index (χ1v) is 6.24. The van der Waals surface area contributed by atoms with Gasteiger partial charge in [-0.25, -0.2) is 14.2 Å². The molecule has 2 heterocycles. The van der Waals surface area contributed by atoms with Crippen LogP contribution in [-0.4, -0.2) is 16.1 Å². The van der Waals surface area contributed by atoms with Crippen molar-refractivity contribution in [2.45, 2.75) is 18.9 Å². The Morgan fingerprint density at radius 2 is 2.10 bits per heavy atom. The van der Waals surface area contributed by atoms with Gasteiger partial charge >= 0.3 is 5.97 Å². The number of hydrogen-bond donors (Lipinski definition) is 2.